The van der Waals surface area contributed by atoms with E-state index in [4.69, 9.17) is 34.8 Å². The number of hydrogen-bond donors (Lipinski definition) is 1. The third kappa shape index (κ3) is 5.42. The minimum Gasteiger partial charge on any atom is -0.300 e. The number of aliphatic imine (C=N–C) groups is 1. The molecule has 0 aromatic heterocycles. The lowest BCUT2D eigenvalue weighted by molar-refractivity contribution is -0.115. The lowest BCUT2D eigenvalue weighted by atomic mass is 10.2. The Morgan fingerprint density at radius 2 is 1.53 bits per heavy atom. The molecular formula is C22H13Cl3N2OS2. The van der Waals surface area contributed by atoms with Gasteiger partial charge in [0.25, 0.3) is 5.91 Å². The van der Waals surface area contributed by atoms with E-state index in [2.05, 4.69) is 10.3 Å². The van der Waals surface area contributed by atoms with E-state index in [9.17, 15) is 4.79 Å². The van der Waals surface area contributed by atoms with Crippen molar-refractivity contribution in [3.63, 3.8) is 0 Å². The first-order valence-corrected chi connectivity index (χ1v) is 11.5. The summed E-state index contributed by atoms with van der Waals surface area (Å²) in [4.78, 5) is 19.5. The summed E-state index contributed by atoms with van der Waals surface area (Å²) in [5, 5.41) is 4.86. The van der Waals surface area contributed by atoms with Gasteiger partial charge in [-0.15, -0.1) is 0 Å². The second-order valence-electron chi connectivity index (χ2n) is 6.21. The highest BCUT2D eigenvalue weighted by Gasteiger charge is 2.23. The predicted octanol–water partition coefficient (Wildman–Crippen LogP) is 7.69. The molecule has 1 aliphatic rings. The van der Waals surface area contributed by atoms with Gasteiger partial charge >= 0.3 is 0 Å². The van der Waals surface area contributed by atoms with Crippen molar-refractivity contribution >= 4 is 81.2 Å². The Morgan fingerprint density at radius 1 is 0.867 bits per heavy atom. The minimum atomic E-state index is -0.182. The summed E-state index contributed by atoms with van der Waals surface area (Å²) in [6.07, 6.45) is 1.84. The van der Waals surface area contributed by atoms with Gasteiger partial charge in [0, 0.05) is 14.8 Å². The number of amidine groups is 1. The van der Waals surface area contributed by atoms with E-state index >= 15 is 0 Å². The number of thioether (sulfide) groups is 1. The summed E-state index contributed by atoms with van der Waals surface area (Å²) in [5.74, 6) is -0.182. The molecule has 30 heavy (non-hydrogen) atoms. The summed E-state index contributed by atoms with van der Waals surface area (Å²) >= 11 is 20.8. The topological polar surface area (TPSA) is 41.5 Å². The van der Waals surface area contributed by atoms with E-state index in [1.54, 1.807) is 30.0 Å². The van der Waals surface area contributed by atoms with Gasteiger partial charge in [-0.05, 0) is 78.0 Å². The summed E-state index contributed by atoms with van der Waals surface area (Å²) in [7, 11) is 0. The van der Waals surface area contributed by atoms with Gasteiger partial charge in [0.05, 0.1) is 20.6 Å². The first-order valence-electron chi connectivity index (χ1n) is 8.74. The molecule has 0 radical (unpaired) electrons. The van der Waals surface area contributed by atoms with E-state index in [0.717, 1.165) is 20.4 Å². The fraction of sp³-hybridized carbons (Fsp3) is 0. The number of carbonyl (C=O) groups excluding carboxylic acids is 1. The van der Waals surface area contributed by atoms with Crippen molar-refractivity contribution in [2.24, 2.45) is 4.99 Å². The van der Waals surface area contributed by atoms with E-state index in [-0.39, 0.29) is 5.91 Å². The van der Waals surface area contributed by atoms with Gasteiger partial charge in [-0.3, -0.25) is 4.79 Å². The van der Waals surface area contributed by atoms with Crippen LogP contribution in [0.3, 0.4) is 0 Å². The summed E-state index contributed by atoms with van der Waals surface area (Å²) in [5.41, 5.74) is 1.56. The maximum atomic E-state index is 12.3. The molecule has 0 bridgehead atoms. The molecule has 1 saturated heterocycles. The zero-order valence-electron chi connectivity index (χ0n) is 15.2. The van der Waals surface area contributed by atoms with Crippen LogP contribution in [0, 0.1) is 0 Å². The first kappa shape index (κ1) is 21.3. The van der Waals surface area contributed by atoms with E-state index in [1.165, 1.54) is 11.8 Å². The van der Waals surface area contributed by atoms with Crippen molar-refractivity contribution in [3.8, 4) is 0 Å². The molecule has 4 rings (SSSR count). The number of hydrogen-bond acceptors (Lipinski definition) is 4. The van der Waals surface area contributed by atoms with E-state index in [0.29, 0.717) is 25.8 Å². The lowest BCUT2D eigenvalue weighted by Gasteiger charge is -2.03. The molecule has 3 aromatic carbocycles. The molecule has 1 aliphatic heterocycles. The number of amides is 1. The van der Waals surface area contributed by atoms with Crippen molar-refractivity contribution in [1.29, 1.82) is 0 Å². The molecule has 1 N–H and O–H groups in total. The van der Waals surface area contributed by atoms with Gasteiger partial charge in [-0.1, -0.05) is 58.7 Å². The molecule has 1 fully saturated rings. The van der Waals surface area contributed by atoms with E-state index < -0.39 is 0 Å². The largest absolute Gasteiger partial charge is 0.300 e. The van der Waals surface area contributed by atoms with Crippen molar-refractivity contribution in [2.45, 2.75) is 9.79 Å². The zero-order valence-corrected chi connectivity index (χ0v) is 19.1. The van der Waals surface area contributed by atoms with Crippen LogP contribution < -0.4 is 5.32 Å². The van der Waals surface area contributed by atoms with Crippen LogP contribution in [0.2, 0.25) is 15.1 Å². The maximum Gasteiger partial charge on any atom is 0.264 e. The Balaban J connectivity index is 1.46. The molecule has 8 heteroatoms. The van der Waals surface area contributed by atoms with Gasteiger partial charge in [-0.2, -0.15) is 0 Å². The number of nitrogens with zero attached hydrogens (tertiary/aromatic N) is 1. The quantitative estimate of drug-likeness (QED) is 0.380. The molecule has 0 aliphatic carbocycles. The third-order valence-corrected chi connectivity index (χ3v) is 6.93. The third-order valence-electron chi connectivity index (χ3n) is 4.01. The average Bonchev–Trinajstić information content (AvgIpc) is 3.07. The number of rotatable bonds is 4. The molecule has 150 valence electrons. The van der Waals surface area contributed by atoms with Crippen molar-refractivity contribution in [2.75, 3.05) is 0 Å². The Hall–Kier alpha value is -1.89. The molecule has 0 spiro atoms. The molecule has 1 heterocycles. The predicted molar refractivity (Wildman–Crippen MR) is 129 cm³/mol. The van der Waals surface area contributed by atoms with Crippen LogP contribution in [0.25, 0.3) is 6.08 Å². The van der Waals surface area contributed by atoms with Crippen LogP contribution in [0.4, 0.5) is 5.69 Å². The number of nitrogens with one attached hydrogen (secondary N) is 1. The van der Waals surface area contributed by atoms with Crippen LogP contribution in [-0.2, 0) is 4.79 Å². The normalized spacial score (nSPS) is 16.3. The van der Waals surface area contributed by atoms with Crippen molar-refractivity contribution < 1.29 is 4.79 Å². The highest BCUT2D eigenvalue weighted by atomic mass is 35.5. The number of halogens is 3. The van der Waals surface area contributed by atoms with E-state index in [1.807, 2.05) is 54.6 Å². The highest BCUT2D eigenvalue weighted by Crippen LogP contribution is 2.32. The van der Waals surface area contributed by atoms with Crippen molar-refractivity contribution in [3.05, 3.63) is 92.3 Å². The van der Waals surface area contributed by atoms with Crippen LogP contribution in [-0.4, -0.2) is 11.1 Å². The van der Waals surface area contributed by atoms with Crippen LogP contribution in [0.5, 0.6) is 0 Å². The highest BCUT2D eigenvalue weighted by molar-refractivity contribution is 8.18. The second-order valence-corrected chi connectivity index (χ2v) is 9.63. The number of benzene rings is 3. The monoisotopic (exact) mass is 490 g/mol. The molecule has 0 unspecified atom stereocenters. The molecule has 3 nitrogen and oxygen atoms in total. The zero-order chi connectivity index (χ0) is 21.1. The van der Waals surface area contributed by atoms with Gasteiger partial charge in [0.1, 0.15) is 0 Å². The second kappa shape index (κ2) is 9.50. The Bertz CT molecular complexity index is 1160. The maximum absolute atomic E-state index is 12.3. The van der Waals surface area contributed by atoms with Gasteiger partial charge in [-0.25, -0.2) is 4.99 Å². The Kier molecular flexibility index (Phi) is 6.76. The van der Waals surface area contributed by atoms with Crippen LogP contribution >= 0.6 is 58.3 Å². The number of carbonyl (C=O) groups is 1. The van der Waals surface area contributed by atoms with Crippen LogP contribution in [0.1, 0.15) is 5.56 Å². The Labute approximate surface area is 197 Å². The van der Waals surface area contributed by atoms with Gasteiger partial charge in [0.15, 0.2) is 5.17 Å². The van der Waals surface area contributed by atoms with Crippen LogP contribution in [0.15, 0.2) is 86.4 Å². The fourth-order valence-electron chi connectivity index (χ4n) is 2.57. The lowest BCUT2D eigenvalue weighted by Crippen LogP contribution is -2.19. The first-order chi connectivity index (χ1) is 14.5. The average molecular weight is 492 g/mol. The fourth-order valence-corrected chi connectivity index (χ4v) is 4.65. The summed E-state index contributed by atoms with van der Waals surface area (Å²) in [6.45, 7) is 0. The molecule has 1 amide bonds. The van der Waals surface area contributed by atoms with Gasteiger partial charge < -0.3 is 5.32 Å². The van der Waals surface area contributed by atoms with Gasteiger partial charge in [0.2, 0.25) is 0 Å². The molecular weight excluding hydrogens is 479 g/mol. The summed E-state index contributed by atoms with van der Waals surface area (Å²) in [6, 6.07) is 20.8. The molecule has 0 atom stereocenters. The Morgan fingerprint density at radius 3 is 2.20 bits per heavy atom. The summed E-state index contributed by atoms with van der Waals surface area (Å²) < 4.78 is 0. The molecule has 3 aromatic rings. The molecule has 0 saturated carbocycles. The SMILES string of the molecule is O=C1NC(=Nc2ccc(Cl)c(Cl)c2)S/C1=C\c1ccc(Sc2ccc(Cl)cc2)cc1. The minimum absolute atomic E-state index is 0.182. The standard InChI is InChI=1S/C22H13Cl3N2OS2/c23-14-3-8-17(9-4-14)29-16-6-1-13(2-7-16)11-20-21(28)27-22(30-20)26-15-5-10-18(24)19(25)12-15/h1-12H,(H,26,27,28)/b20-11-. The van der Waals surface area contributed by atoms with Crippen molar-refractivity contribution in [1.82, 2.24) is 5.32 Å². The smallest absolute Gasteiger partial charge is 0.264 e.